The molecule has 124 valence electrons. The maximum Gasteiger partial charge on any atom is 0.208 e. The lowest BCUT2D eigenvalue weighted by Crippen LogP contribution is -2.53. The van der Waals surface area contributed by atoms with E-state index in [1.54, 1.807) is 4.90 Å². The number of morpholine rings is 1. The average Bonchev–Trinajstić information content (AvgIpc) is 2.64. The smallest absolute Gasteiger partial charge is 0.208 e. The Labute approximate surface area is 141 Å². The van der Waals surface area contributed by atoms with Crippen molar-refractivity contribution in [3.8, 4) is 0 Å². The highest BCUT2D eigenvalue weighted by Gasteiger charge is 2.23. The molecule has 0 unspecified atom stereocenters. The Balaban J connectivity index is 1.93. The number of nitrogens with one attached hydrogen (secondary N) is 1. The first-order valence-corrected chi connectivity index (χ1v) is 7.91. The van der Waals surface area contributed by atoms with E-state index in [-0.39, 0.29) is 5.96 Å². The highest BCUT2D eigenvalue weighted by atomic mass is 16.5. The molecule has 0 aliphatic carbocycles. The van der Waals surface area contributed by atoms with Gasteiger partial charge in [-0.1, -0.05) is 36.4 Å². The molecule has 0 radical (unpaired) electrons. The first-order valence-electron chi connectivity index (χ1n) is 7.91. The Morgan fingerprint density at radius 1 is 1.00 bits per heavy atom. The van der Waals surface area contributed by atoms with Crippen LogP contribution in [0.4, 0.5) is 11.4 Å². The van der Waals surface area contributed by atoms with Crippen LogP contribution in [0.15, 0.2) is 65.7 Å². The normalized spacial score (nSPS) is 15.2. The molecule has 6 heteroatoms. The molecule has 0 spiro atoms. The Morgan fingerprint density at radius 3 is 2.21 bits per heavy atom. The number of ether oxygens (including phenoxy) is 1. The molecule has 1 saturated heterocycles. The van der Waals surface area contributed by atoms with Gasteiger partial charge >= 0.3 is 0 Å². The van der Waals surface area contributed by atoms with E-state index in [0.29, 0.717) is 32.3 Å². The predicted octanol–water partition coefficient (Wildman–Crippen LogP) is 2.41. The second-order valence-corrected chi connectivity index (χ2v) is 5.40. The number of nitrogens with zero attached hydrogens (tertiary/aromatic N) is 3. The zero-order valence-corrected chi connectivity index (χ0v) is 13.4. The number of aliphatic imine (C=N–C) groups is 1. The molecule has 3 N–H and O–H groups in total. The van der Waals surface area contributed by atoms with Crippen LogP contribution in [0.25, 0.3) is 0 Å². The van der Waals surface area contributed by atoms with Gasteiger partial charge in [0.2, 0.25) is 11.9 Å². The van der Waals surface area contributed by atoms with Crippen LogP contribution in [-0.2, 0) is 4.74 Å². The standard InChI is InChI=1S/C18H21N5O/c19-17(21-15-7-3-1-4-8-15)23(16-9-5-2-6-10-16)18(20)22-11-13-24-14-12-22/h1-10,20H,11-14H2,(H2,19,21). The van der Waals surface area contributed by atoms with E-state index >= 15 is 0 Å². The quantitative estimate of drug-likeness (QED) is 0.657. The van der Waals surface area contributed by atoms with Crippen LogP contribution in [0.5, 0.6) is 0 Å². The summed E-state index contributed by atoms with van der Waals surface area (Å²) in [5, 5.41) is 8.61. The number of benzene rings is 2. The summed E-state index contributed by atoms with van der Waals surface area (Å²) < 4.78 is 5.37. The van der Waals surface area contributed by atoms with Crippen molar-refractivity contribution in [2.24, 2.45) is 10.7 Å². The maximum absolute atomic E-state index is 8.61. The van der Waals surface area contributed by atoms with Crippen LogP contribution in [0, 0.1) is 5.41 Å². The summed E-state index contributed by atoms with van der Waals surface area (Å²) in [6.07, 6.45) is 0. The van der Waals surface area contributed by atoms with E-state index < -0.39 is 0 Å². The van der Waals surface area contributed by atoms with Crippen molar-refractivity contribution in [2.45, 2.75) is 0 Å². The number of rotatable bonds is 2. The molecule has 0 atom stereocenters. The number of para-hydroxylation sites is 2. The number of nitrogens with two attached hydrogens (primary N) is 1. The fraction of sp³-hybridized carbons (Fsp3) is 0.222. The summed E-state index contributed by atoms with van der Waals surface area (Å²) >= 11 is 0. The zero-order valence-electron chi connectivity index (χ0n) is 13.4. The largest absolute Gasteiger partial charge is 0.378 e. The predicted molar refractivity (Wildman–Crippen MR) is 96.8 cm³/mol. The third-order valence-electron chi connectivity index (χ3n) is 3.77. The minimum absolute atomic E-state index is 0.267. The van der Waals surface area contributed by atoms with Gasteiger partial charge in [0.15, 0.2) is 0 Å². The second kappa shape index (κ2) is 7.61. The Bertz CT molecular complexity index is 696. The van der Waals surface area contributed by atoms with Crippen molar-refractivity contribution in [1.29, 1.82) is 5.41 Å². The molecular formula is C18H21N5O. The first kappa shape index (κ1) is 16.0. The molecule has 1 heterocycles. The summed E-state index contributed by atoms with van der Waals surface area (Å²) in [6.45, 7) is 2.56. The van der Waals surface area contributed by atoms with Gasteiger partial charge in [0.05, 0.1) is 24.6 Å². The summed E-state index contributed by atoms with van der Waals surface area (Å²) in [4.78, 5) is 8.09. The van der Waals surface area contributed by atoms with E-state index in [0.717, 1.165) is 11.4 Å². The van der Waals surface area contributed by atoms with Crippen LogP contribution >= 0.6 is 0 Å². The molecule has 1 fully saturated rings. The van der Waals surface area contributed by atoms with E-state index in [9.17, 15) is 0 Å². The average molecular weight is 323 g/mol. The van der Waals surface area contributed by atoms with Crippen LogP contribution in [0.2, 0.25) is 0 Å². The molecule has 2 aromatic rings. The molecule has 0 aromatic heterocycles. The van der Waals surface area contributed by atoms with Gasteiger partial charge in [-0.2, -0.15) is 0 Å². The lowest BCUT2D eigenvalue weighted by molar-refractivity contribution is 0.0672. The van der Waals surface area contributed by atoms with Crippen LogP contribution in [0.3, 0.4) is 0 Å². The van der Waals surface area contributed by atoms with E-state index in [1.807, 2.05) is 65.6 Å². The van der Waals surface area contributed by atoms with Gasteiger partial charge in [-0.15, -0.1) is 0 Å². The Kier molecular flexibility index (Phi) is 5.08. The van der Waals surface area contributed by atoms with Crippen molar-refractivity contribution < 1.29 is 4.74 Å². The van der Waals surface area contributed by atoms with Crippen molar-refractivity contribution in [3.05, 3.63) is 60.7 Å². The Hall–Kier alpha value is -2.86. The molecule has 3 rings (SSSR count). The number of hydrogen-bond acceptors (Lipinski definition) is 3. The number of anilines is 1. The zero-order chi connectivity index (χ0) is 16.8. The Morgan fingerprint density at radius 2 is 1.58 bits per heavy atom. The van der Waals surface area contributed by atoms with E-state index in [2.05, 4.69) is 4.99 Å². The van der Waals surface area contributed by atoms with Gasteiger partial charge in [-0.3, -0.25) is 10.3 Å². The van der Waals surface area contributed by atoms with E-state index in [1.165, 1.54) is 0 Å². The number of guanidine groups is 2. The van der Waals surface area contributed by atoms with Gasteiger partial charge in [0, 0.05) is 13.1 Å². The summed E-state index contributed by atoms with van der Waals surface area (Å²) in [6, 6.07) is 19.1. The SMILES string of the molecule is N=C(N1CCOCC1)N(C(N)=Nc1ccccc1)c1ccccc1. The molecule has 1 aliphatic rings. The lowest BCUT2D eigenvalue weighted by atomic mass is 10.3. The first-order chi connectivity index (χ1) is 11.8. The van der Waals surface area contributed by atoms with Crippen LogP contribution in [-0.4, -0.2) is 43.1 Å². The van der Waals surface area contributed by atoms with Crippen molar-refractivity contribution >= 4 is 23.3 Å². The van der Waals surface area contributed by atoms with E-state index in [4.69, 9.17) is 15.9 Å². The third kappa shape index (κ3) is 3.72. The van der Waals surface area contributed by atoms with Crippen molar-refractivity contribution in [2.75, 3.05) is 31.2 Å². The molecule has 24 heavy (non-hydrogen) atoms. The highest BCUT2D eigenvalue weighted by Crippen LogP contribution is 2.18. The third-order valence-corrected chi connectivity index (χ3v) is 3.77. The minimum Gasteiger partial charge on any atom is -0.378 e. The van der Waals surface area contributed by atoms with Crippen LogP contribution in [0.1, 0.15) is 0 Å². The molecule has 0 amide bonds. The maximum atomic E-state index is 8.61. The summed E-state index contributed by atoms with van der Waals surface area (Å²) in [5.74, 6) is 0.575. The van der Waals surface area contributed by atoms with Crippen LogP contribution < -0.4 is 10.6 Å². The van der Waals surface area contributed by atoms with Crippen molar-refractivity contribution in [3.63, 3.8) is 0 Å². The van der Waals surface area contributed by atoms with Gasteiger partial charge in [0.25, 0.3) is 0 Å². The van der Waals surface area contributed by atoms with Gasteiger partial charge in [-0.05, 0) is 24.3 Å². The van der Waals surface area contributed by atoms with Gasteiger partial charge < -0.3 is 15.4 Å². The second-order valence-electron chi connectivity index (χ2n) is 5.40. The van der Waals surface area contributed by atoms with Gasteiger partial charge in [-0.25, -0.2) is 4.99 Å². The van der Waals surface area contributed by atoms with Crippen molar-refractivity contribution in [1.82, 2.24) is 4.90 Å². The monoisotopic (exact) mass is 323 g/mol. The topological polar surface area (TPSA) is 77.9 Å². The highest BCUT2D eigenvalue weighted by molar-refractivity contribution is 6.16. The molecule has 0 saturated carbocycles. The fourth-order valence-electron chi connectivity index (χ4n) is 2.54. The summed E-state index contributed by atoms with van der Waals surface area (Å²) in [7, 11) is 0. The fourth-order valence-corrected chi connectivity index (χ4v) is 2.54. The molecular weight excluding hydrogens is 302 g/mol. The molecule has 2 aromatic carbocycles. The molecule has 1 aliphatic heterocycles. The lowest BCUT2D eigenvalue weighted by Gasteiger charge is -2.34. The molecule has 0 bridgehead atoms. The summed E-state index contributed by atoms with van der Waals surface area (Å²) in [5.41, 5.74) is 7.83. The van der Waals surface area contributed by atoms with Gasteiger partial charge in [0.1, 0.15) is 0 Å². The molecule has 6 nitrogen and oxygen atoms in total. The number of hydrogen-bond donors (Lipinski definition) is 2. The minimum atomic E-state index is 0.267.